The van der Waals surface area contributed by atoms with E-state index in [4.69, 9.17) is 0 Å². The van der Waals surface area contributed by atoms with Crippen LogP contribution < -0.4 is 0 Å². The monoisotopic (exact) mass is 346 g/mol. The van der Waals surface area contributed by atoms with Gasteiger partial charge in [0.15, 0.2) is 0 Å². The highest BCUT2D eigenvalue weighted by atomic mass is 19.3. The van der Waals surface area contributed by atoms with E-state index in [2.05, 4.69) is 32.6 Å². The van der Waals surface area contributed by atoms with E-state index in [-0.39, 0.29) is 18.6 Å². The maximum Gasteiger partial charge on any atom is 0.266 e. The number of hydrogen-bond acceptors (Lipinski definition) is 3. The first-order valence-corrected chi connectivity index (χ1v) is 9.74. The van der Waals surface area contributed by atoms with Gasteiger partial charge in [-0.05, 0) is 50.6 Å². The highest BCUT2D eigenvalue weighted by Gasteiger charge is 2.54. The standard InChI is InChI=1S/C19H36F2N2O/c1-14(2)7-10-22-12-9-19(20,21)18(22)17-6-5-16(24)13-23(17)11-8-15(3)4/h14-18,24H,5-13H2,1-4H3. The molecule has 0 aromatic rings. The molecule has 142 valence electrons. The maximum absolute atomic E-state index is 14.7. The number of nitrogens with zero attached hydrogens (tertiary/aromatic N) is 2. The predicted octanol–water partition coefficient (Wildman–Crippen LogP) is 3.61. The number of rotatable bonds is 7. The molecule has 2 aliphatic rings. The van der Waals surface area contributed by atoms with Crippen LogP contribution in [0.15, 0.2) is 0 Å². The molecule has 24 heavy (non-hydrogen) atoms. The summed E-state index contributed by atoms with van der Waals surface area (Å²) in [5.74, 6) is -1.53. The van der Waals surface area contributed by atoms with E-state index in [1.54, 1.807) is 0 Å². The second-order valence-corrected chi connectivity index (χ2v) is 8.65. The summed E-state index contributed by atoms with van der Waals surface area (Å²) in [5, 5.41) is 10.0. The fourth-order valence-corrected chi connectivity index (χ4v) is 4.13. The van der Waals surface area contributed by atoms with E-state index in [1.165, 1.54) is 0 Å². The molecule has 5 heteroatoms. The van der Waals surface area contributed by atoms with Crippen molar-refractivity contribution in [3.63, 3.8) is 0 Å². The SMILES string of the molecule is CC(C)CCN1CC(O)CCC1C1N(CCC(C)C)CCC1(F)F. The van der Waals surface area contributed by atoms with Crippen LogP contribution in [0.1, 0.15) is 59.8 Å². The molecule has 3 atom stereocenters. The Balaban J connectivity index is 2.11. The van der Waals surface area contributed by atoms with Gasteiger partial charge in [-0.1, -0.05) is 27.7 Å². The van der Waals surface area contributed by atoms with Crippen molar-refractivity contribution in [3.8, 4) is 0 Å². The number of aliphatic hydroxyl groups excluding tert-OH is 1. The summed E-state index contributed by atoms with van der Waals surface area (Å²) in [6, 6.07) is -0.812. The Morgan fingerprint density at radius 1 is 1.00 bits per heavy atom. The number of β-amino-alcohol motifs (C(OH)–C–C–N with tert-alkyl or cyclic N) is 1. The Bertz CT molecular complexity index is 390. The number of piperidine rings is 1. The second kappa shape index (κ2) is 8.41. The van der Waals surface area contributed by atoms with Gasteiger partial charge in [-0.2, -0.15) is 0 Å². The molecule has 2 fully saturated rings. The summed E-state index contributed by atoms with van der Waals surface area (Å²) in [6.07, 6.45) is 2.90. The molecule has 1 N–H and O–H groups in total. The average molecular weight is 347 g/mol. The van der Waals surface area contributed by atoms with E-state index in [9.17, 15) is 13.9 Å². The molecule has 0 bridgehead atoms. The van der Waals surface area contributed by atoms with Gasteiger partial charge in [0.1, 0.15) is 0 Å². The topological polar surface area (TPSA) is 26.7 Å². The lowest BCUT2D eigenvalue weighted by atomic mass is 9.90. The first-order chi connectivity index (χ1) is 11.2. The van der Waals surface area contributed by atoms with Crippen molar-refractivity contribution in [1.29, 1.82) is 0 Å². The minimum Gasteiger partial charge on any atom is -0.392 e. The van der Waals surface area contributed by atoms with Crippen molar-refractivity contribution >= 4 is 0 Å². The molecule has 0 aliphatic carbocycles. The van der Waals surface area contributed by atoms with Crippen LogP contribution in [0.3, 0.4) is 0 Å². The van der Waals surface area contributed by atoms with Crippen molar-refractivity contribution in [2.45, 2.75) is 83.9 Å². The van der Waals surface area contributed by atoms with Crippen LogP contribution in [0.5, 0.6) is 0 Å². The molecule has 2 aliphatic heterocycles. The number of halogens is 2. The highest BCUT2D eigenvalue weighted by Crippen LogP contribution is 2.40. The Morgan fingerprint density at radius 3 is 2.17 bits per heavy atom. The minimum absolute atomic E-state index is 0.0210. The van der Waals surface area contributed by atoms with Gasteiger partial charge in [-0.25, -0.2) is 8.78 Å². The van der Waals surface area contributed by atoms with Gasteiger partial charge in [0.05, 0.1) is 12.1 Å². The Morgan fingerprint density at radius 2 is 1.58 bits per heavy atom. The zero-order chi connectivity index (χ0) is 17.9. The zero-order valence-corrected chi connectivity index (χ0v) is 15.8. The van der Waals surface area contributed by atoms with Crippen LogP contribution in [0.25, 0.3) is 0 Å². The third-order valence-electron chi connectivity index (χ3n) is 5.62. The van der Waals surface area contributed by atoms with Crippen LogP contribution >= 0.6 is 0 Å². The normalized spacial score (nSPS) is 32.1. The van der Waals surface area contributed by atoms with Gasteiger partial charge in [0, 0.05) is 25.6 Å². The molecule has 2 rings (SSSR count). The minimum atomic E-state index is -2.61. The Hall–Kier alpha value is -0.260. The maximum atomic E-state index is 14.7. The summed E-state index contributed by atoms with van der Waals surface area (Å²) < 4.78 is 29.4. The molecule has 0 aromatic heterocycles. The molecule has 0 amide bonds. The molecule has 0 radical (unpaired) electrons. The molecule has 3 unspecified atom stereocenters. The van der Waals surface area contributed by atoms with Crippen LogP contribution in [0.2, 0.25) is 0 Å². The summed E-state index contributed by atoms with van der Waals surface area (Å²) in [7, 11) is 0. The average Bonchev–Trinajstić information content (AvgIpc) is 2.78. The van der Waals surface area contributed by atoms with Crippen LogP contribution in [0, 0.1) is 11.8 Å². The van der Waals surface area contributed by atoms with Crippen LogP contribution in [0.4, 0.5) is 8.78 Å². The van der Waals surface area contributed by atoms with Crippen molar-refractivity contribution in [2.75, 3.05) is 26.2 Å². The third kappa shape index (κ3) is 5.12. The van der Waals surface area contributed by atoms with Gasteiger partial charge < -0.3 is 5.11 Å². The van der Waals surface area contributed by atoms with Gasteiger partial charge >= 0.3 is 0 Å². The summed E-state index contributed by atoms with van der Waals surface area (Å²) >= 11 is 0. The number of likely N-dealkylation sites (tertiary alicyclic amines) is 2. The first-order valence-electron chi connectivity index (χ1n) is 9.74. The third-order valence-corrected chi connectivity index (χ3v) is 5.62. The van der Waals surface area contributed by atoms with Gasteiger partial charge in [-0.15, -0.1) is 0 Å². The lowest BCUT2D eigenvalue weighted by Crippen LogP contribution is -2.59. The largest absolute Gasteiger partial charge is 0.392 e. The first kappa shape index (κ1) is 20.1. The zero-order valence-electron chi connectivity index (χ0n) is 15.8. The fraction of sp³-hybridized carbons (Fsp3) is 1.00. The van der Waals surface area contributed by atoms with E-state index in [0.29, 0.717) is 37.8 Å². The van der Waals surface area contributed by atoms with E-state index < -0.39 is 12.0 Å². The summed E-state index contributed by atoms with van der Waals surface area (Å²) in [6.45, 7) is 11.2. The predicted molar refractivity (Wildman–Crippen MR) is 94.4 cm³/mol. The Kier molecular flexibility index (Phi) is 7.03. The molecule has 3 nitrogen and oxygen atoms in total. The second-order valence-electron chi connectivity index (χ2n) is 8.65. The highest BCUT2D eigenvalue weighted by molar-refractivity contribution is 5.02. The summed E-state index contributed by atoms with van der Waals surface area (Å²) in [5.41, 5.74) is 0. The number of aliphatic hydroxyl groups is 1. The lowest BCUT2D eigenvalue weighted by molar-refractivity contribution is -0.0873. The lowest BCUT2D eigenvalue weighted by Gasteiger charge is -2.45. The number of hydrogen-bond donors (Lipinski definition) is 1. The molecule has 0 saturated carbocycles. The molecule has 2 heterocycles. The molecule has 0 spiro atoms. The van der Waals surface area contributed by atoms with Gasteiger partial charge in [0.2, 0.25) is 0 Å². The smallest absolute Gasteiger partial charge is 0.266 e. The van der Waals surface area contributed by atoms with Crippen molar-refractivity contribution in [3.05, 3.63) is 0 Å². The summed E-state index contributed by atoms with van der Waals surface area (Å²) in [4.78, 5) is 4.19. The molecule has 2 saturated heterocycles. The van der Waals surface area contributed by atoms with Crippen molar-refractivity contribution in [1.82, 2.24) is 9.80 Å². The van der Waals surface area contributed by atoms with E-state index >= 15 is 0 Å². The van der Waals surface area contributed by atoms with E-state index in [0.717, 1.165) is 25.9 Å². The molecular weight excluding hydrogens is 310 g/mol. The van der Waals surface area contributed by atoms with Crippen LogP contribution in [-0.2, 0) is 0 Å². The molecular formula is C19H36F2N2O. The Labute approximate surface area is 146 Å². The van der Waals surface area contributed by atoms with Crippen molar-refractivity contribution < 1.29 is 13.9 Å². The van der Waals surface area contributed by atoms with Crippen LogP contribution in [-0.4, -0.2) is 65.2 Å². The van der Waals surface area contributed by atoms with E-state index in [1.807, 2.05) is 4.90 Å². The van der Waals surface area contributed by atoms with Gasteiger partial charge in [0.25, 0.3) is 5.92 Å². The van der Waals surface area contributed by atoms with Crippen molar-refractivity contribution in [2.24, 2.45) is 11.8 Å². The van der Waals surface area contributed by atoms with Gasteiger partial charge in [-0.3, -0.25) is 9.80 Å². The number of alkyl halides is 2. The molecule has 0 aromatic carbocycles. The fourth-order valence-electron chi connectivity index (χ4n) is 4.13. The quantitative estimate of drug-likeness (QED) is 0.763.